The van der Waals surface area contributed by atoms with Gasteiger partial charge in [0.05, 0.1) is 0 Å². The molecule has 1 aliphatic heterocycles. The van der Waals surface area contributed by atoms with Gasteiger partial charge < -0.3 is 4.74 Å². The van der Waals surface area contributed by atoms with Gasteiger partial charge >= 0.3 is 5.97 Å². The summed E-state index contributed by atoms with van der Waals surface area (Å²) in [5, 5.41) is 0. The van der Waals surface area contributed by atoms with E-state index in [0.29, 0.717) is 24.2 Å². The summed E-state index contributed by atoms with van der Waals surface area (Å²) >= 11 is 0. The molecule has 7 rings (SSSR count). The Labute approximate surface area is 166 Å². The van der Waals surface area contributed by atoms with Crippen molar-refractivity contribution in [1.82, 2.24) is 0 Å². The van der Waals surface area contributed by atoms with Gasteiger partial charge in [0, 0.05) is 23.2 Å². The zero-order valence-electron chi connectivity index (χ0n) is 16.8. The predicted octanol–water partition coefficient (Wildman–Crippen LogP) is 4.54. The van der Waals surface area contributed by atoms with Crippen LogP contribution in [0.3, 0.4) is 0 Å². The second-order valence-electron chi connectivity index (χ2n) is 11.3. The van der Waals surface area contributed by atoms with Crippen LogP contribution in [-0.2, 0) is 14.3 Å². The maximum Gasteiger partial charge on any atom is 0.306 e. The summed E-state index contributed by atoms with van der Waals surface area (Å²) in [7, 11) is 0. The summed E-state index contributed by atoms with van der Waals surface area (Å²) < 4.78 is 6.19. The van der Waals surface area contributed by atoms with Crippen LogP contribution in [0, 0.1) is 39.9 Å². The SMILES string of the molecule is C[C@]12C=CC(=O)C=C1C1(CC1)C[C@@H]1C2=CC[C@@]2(C)[C@H]1[C@@H]1C[C@@H]1[C@@]21CCC(=O)O1. The number of allylic oxidation sites excluding steroid dienone is 6. The van der Waals surface area contributed by atoms with Gasteiger partial charge in [0.2, 0.25) is 0 Å². The monoisotopic (exact) mass is 376 g/mol. The summed E-state index contributed by atoms with van der Waals surface area (Å²) in [5.74, 6) is 2.71. The molecule has 7 atom stereocenters. The number of hydrogen-bond donors (Lipinski definition) is 0. The molecule has 3 heteroatoms. The smallest absolute Gasteiger partial charge is 0.306 e. The Bertz CT molecular complexity index is 949. The van der Waals surface area contributed by atoms with Crippen molar-refractivity contribution in [3.05, 3.63) is 35.5 Å². The molecule has 0 aromatic rings. The molecule has 4 saturated carbocycles. The average molecular weight is 376 g/mol. The summed E-state index contributed by atoms with van der Waals surface area (Å²) in [5.41, 5.74) is 3.01. The quantitative estimate of drug-likeness (QED) is 0.461. The van der Waals surface area contributed by atoms with E-state index in [1.54, 1.807) is 11.6 Å². The van der Waals surface area contributed by atoms with E-state index in [0.717, 1.165) is 18.8 Å². The lowest BCUT2D eigenvalue weighted by Gasteiger charge is -2.57. The maximum absolute atomic E-state index is 12.2. The fourth-order valence-corrected chi connectivity index (χ4v) is 8.92. The lowest BCUT2D eigenvalue weighted by Crippen LogP contribution is -2.54. The molecule has 0 aromatic heterocycles. The molecule has 1 heterocycles. The first-order valence-electron chi connectivity index (χ1n) is 11.2. The molecule has 146 valence electrons. The van der Waals surface area contributed by atoms with Crippen LogP contribution in [0.15, 0.2) is 35.5 Å². The van der Waals surface area contributed by atoms with Crippen LogP contribution in [0.25, 0.3) is 0 Å². The van der Waals surface area contributed by atoms with Crippen molar-refractivity contribution in [2.24, 2.45) is 39.9 Å². The molecule has 1 saturated heterocycles. The lowest BCUT2D eigenvalue weighted by molar-refractivity contribution is -0.166. The van der Waals surface area contributed by atoms with Crippen LogP contribution in [0.1, 0.15) is 58.8 Å². The average Bonchev–Trinajstić information content (AvgIpc) is 3.55. The molecule has 28 heavy (non-hydrogen) atoms. The van der Waals surface area contributed by atoms with Gasteiger partial charge in [-0.05, 0) is 86.3 Å². The number of ketones is 1. The van der Waals surface area contributed by atoms with Crippen molar-refractivity contribution in [2.75, 3.05) is 0 Å². The van der Waals surface area contributed by atoms with E-state index in [2.05, 4.69) is 26.0 Å². The molecule has 0 radical (unpaired) electrons. The van der Waals surface area contributed by atoms with Gasteiger partial charge in [-0.25, -0.2) is 0 Å². The van der Waals surface area contributed by atoms with Gasteiger partial charge in [-0.1, -0.05) is 24.6 Å². The van der Waals surface area contributed by atoms with Gasteiger partial charge in [-0.2, -0.15) is 0 Å². The third-order valence-corrected chi connectivity index (χ3v) is 10.2. The predicted molar refractivity (Wildman–Crippen MR) is 104 cm³/mol. The molecule has 7 aliphatic rings. The van der Waals surface area contributed by atoms with E-state index in [9.17, 15) is 9.59 Å². The van der Waals surface area contributed by atoms with Crippen LogP contribution in [0.5, 0.6) is 0 Å². The number of hydrogen-bond acceptors (Lipinski definition) is 3. The zero-order chi connectivity index (χ0) is 19.1. The zero-order valence-corrected chi connectivity index (χ0v) is 16.8. The third-order valence-electron chi connectivity index (χ3n) is 10.2. The first kappa shape index (κ1) is 16.2. The Morgan fingerprint density at radius 3 is 2.68 bits per heavy atom. The van der Waals surface area contributed by atoms with Crippen LogP contribution < -0.4 is 0 Å². The molecular weight excluding hydrogens is 348 g/mol. The van der Waals surface area contributed by atoms with Crippen molar-refractivity contribution in [3.63, 3.8) is 0 Å². The van der Waals surface area contributed by atoms with Gasteiger partial charge in [0.1, 0.15) is 5.60 Å². The molecule has 3 nitrogen and oxygen atoms in total. The molecular formula is C25H28O3. The van der Waals surface area contributed by atoms with Crippen molar-refractivity contribution < 1.29 is 14.3 Å². The van der Waals surface area contributed by atoms with E-state index in [1.807, 2.05) is 6.08 Å². The van der Waals surface area contributed by atoms with Crippen LogP contribution in [0.2, 0.25) is 0 Å². The minimum atomic E-state index is -0.201. The second-order valence-corrected chi connectivity index (χ2v) is 11.3. The van der Waals surface area contributed by atoms with Crippen molar-refractivity contribution in [2.45, 2.75) is 64.4 Å². The Hall–Kier alpha value is -1.64. The third kappa shape index (κ3) is 1.56. The Morgan fingerprint density at radius 1 is 1.14 bits per heavy atom. The summed E-state index contributed by atoms with van der Waals surface area (Å²) in [4.78, 5) is 24.4. The highest BCUT2D eigenvalue weighted by atomic mass is 16.6. The highest BCUT2D eigenvalue weighted by Crippen LogP contribution is 2.80. The fraction of sp³-hybridized carbons (Fsp3) is 0.680. The van der Waals surface area contributed by atoms with Crippen LogP contribution in [-0.4, -0.2) is 17.4 Å². The van der Waals surface area contributed by atoms with E-state index >= 15 is 0 Å². The Balaban J connectivity index is 1.39. The first-order chi connectivity index (χ1) is 13.3. The first-order valence-corrected chi connectivity index (χ1v) is 11.2. The van der Waals surface area contributed by atoms with Gasteiger partial charge in [-0.3, -0.25) is 9.59 Å². The molecule has 5 fully saturated rings. The van der Waals surface area contributed by atoms with Gasteiger partial charge in [0.25, 0.3) is 0 Å². The van der Waals surface area contributed by atoms with Gasteiger partial charge in [0.15, 0.2) is 5.78 Å². The molecule has 0 unspecified atom stereocenters. The lowest BCUT2D eigenvalue weighted by atomic mass is 9.47. The molecule has 0 aromatic carbocycles. The van der Waals surface area contributed by atoms with E-state index in [1.165, 1.54) is 31.3 Å². The fourth-order valence-electron chi connectivity index (χ4n) is 8.92. The topological polar surface area (TPSA) is 43.4 Å². The molecule has 6 aliphatic carbocycles. The van der Waals surface area contributed by atoms with Crippen LogP contribution >= 0.6 is 0 Å². The minimum Gasteiger partial charge on any atom is -0.458 e. The minimum absolute atomic E-state index is 0.0236. The second kappa shape index (κ2) is 4.42. The van der Waals surface area contributed by atoms with Crippen molar-refractivity contribution >= 4 is 11.8 Å². The number of fused-ring (bicyclic) bond motifs is 10. The Morgan fingerprint density at radius 2 is 1.96 bits per heavy atom. The van der Waals surface area contributed by atoms with E-state index < -0.39 is 0 Å². The van der Waals surface area contributed by atoms with Crippen molar-refractivity contribution in [1.29, 1.82) is 0 Å². The Kier molecular flexibility index (Phi) is 2.55. The van der Waals surface area contributed by atoms with E-state index in [-0.39, 0.29) is 33.6 Å². The number of rotatable bonds is 0. The number of carbonyl (C=O) groups excluding carboxylic acids is 2. The van der Waals surface area contributed by atoms with Gasteiger partial charge in [-0.15, -0.1) is 0 Å². The molecule has 0 N–H and O–H groups in total. The number of esters is 1. The van der Waals surface area contributed by atoms with Crippen molar-refractivity contribution in [3.8, 4) is 0 Å². The standard InChI is InChI=1S/C25H28O3/c1-22-6-3-14(26)11-19(22)24(9-10-24)13-16-17(22)4-7-23(2)21(16)15-12-18(15)25(23)8-5-20(27)28-25/h3-4,6,11,15-16,18,21H,5,7-10,12-13H2,1-2H3/t15-,16-,18+,21+,22-,23+,25+/m1/s1. The number of carbonyl (C=O) groups is 2. The summed E-state index contributed by atoms with van der Waals surface area (Å²) in [6.07, 6.45) is 15.9. The summed E-state index contributed by atoms with van der Waals surface area (Å²) in [6, 6.07) is 0. The highest BCUT2D eigenvalue weighted by Gasteiger charge is 2.79. The highest BCUT2D eigenvalue weighted by molar-refractivity contribution is 6.01. The largest absolute Gasteiger partial charge is 0.458 e. The maximum atomic E-state index is 12.2. The normalized spacial score (nSPS) is 53.8. The van der Waals surface area contributed by atoms with E-state index in [4.69, 9.17) is 4.74 Å². The molecule has 0 bridgehead atoms. The summed E-state index contributed by atoms with van der Waals surface area (Å²) in [6.45, 7) is 4.79. The molecule has 0 amide bonds. The van der Waals surface area contributed by atoms with Crippen LogP contribution in [0.4, 0.5) is 0 Å². The molecule has 2 spiro atoms. The number of ether oxygens (including phenoxy) is 1.